The molecule has 0 aliphatic carbocycles. The van der Waals surface area contributed by atoms with Crippen molar-refractivity contribution in [1.29, 1.82) is 0 Å². The van der Waals surface area contributed by atoms with Crippen LogP contribution in [0, 0.1) is 0 Å². The molecule has 28 heavy (non-hydrogen) atoms. The molecule has 1 aromatic rings. The van der Waals surface area contributed by atoms with Crippen LogP contribution < -0.4 is 10.6 Å². The molecule has 11 heteroatoms. The highest BCUT2D eigenvalue weighted by Gasteiger charge is 2.35. The molecule has 0 spiro atoms. The van der Waals surface area contributed by atoms with Gasteiger partial charge in [0.15, 0.2) is 0 Å². The number of rotatable bonds is 13. The van der Waals surface area contributed by atoms with E-state index in [1.54, 1.807) is 13.1 Å². The van der Waals surface area contributed by atoms with Crippen LogP contribution in [0.15, 0.2) is 18.2 Å². The van der Waals surface area contributed by atoms with E-state index in [9.17, 15) is 9.90 Å². The zero-order valence-corrected chi connectivity index (χ0v) is 18.9. The van der Waals surface area contributed by atoms with Crippen molar-refractivity contribution in [3.8, 4) is 0 Å². The molecule has 0 fully saturated rings. The molecule has 1 atom stereocenters. The fraction of sp³-hybridized carbons (Fsp3) is 0.588. The van der Waals surface area contributed by atoms with E-state index in [0.717, 1.165) is 5.56 Å². The van der Waals surface area contributed by atoms with E-state index in [-0.39, 0.29) is 31.1 Å². The average molecular weight is 478 g/mol. The van der Waals surface area contributed by atoms with Gasteiger partial charge in [0.05, 0.1) is 10.0 Å². The molecule has 0 aliphatic heterocycles. The van der Waals surface area contributed by atoms with Crippen molar-refractivity contribution in [1.82, 2.24) is 10.6 Å². The number of benzene rings is 1. The first-order chi connectivity index (χ1) is 12.3. The Kier molecular flexibility index (Phi) is 16.7. The summed E-state index contributed by atoms with van der Waals surface area (Å²) in [6.07, 6.45) is 3.06. The Bertz CT molecular complexity index is 584. The third-order valence-electron chi connectivity index (χ3n) is 4.47. The SMILES string of the molecule is CNC(CCCCB(O)O)(CCCNCc1ccc(Cl)c(Cl)c1)C(=O)O.Cl.Cl. The van der Waals surface area contributed by atoms with E-state index in [1.165, 1.54) is 0 Å². The summed E-state index contributed by atoms with van der Waals surface area (Å²) in [4.78, 5) is 11.7. The van der Waals surface area contributed by atoms with Gasteiger partial charge in [0.1, 0.15) is 5.54 Å². The maximum atomic E-state index is 11.7. The summed E-state index contributed by atoms with van der Waals surface area (Å²) < 4.78 is 0. The van der Waals surface area contributed by atoms with Crippen LogP contribution in [-0.2, 0) is 11.3 Å². The van der Waals surface area contributed by atoms with Crippen LogP contribution in [0.2, 0.25) is 16.4 Å². The van der Waals surface area contributed by atoms with Gasteiger partial charge in [-0.25, -0.2) is 0 Å². The number of aliphatic carboxylic acids is 1. The van der Waals surface area contributed by atoms with Crippen LogP contribution in [0.5, 0.6) is 0 Å². The summed E-state index contributed by atoms with van der Waals surface area (Å²) in [7, 11) is 0.312. The molecule has 0 heterocycles. The maximum Gasteiger partial charge on any atom is 0.451 e. The van der Waals surface area contributed by atoms with E-state index in [2.05, 4.69) is 10.6 Å². The monoisotopic (exact) mass is 476 g/mol. The van der Waals surface area contributed by atoms with E-state index >= 15 is 0 Å². The van der Waals surface area contributed by atoms with Gasteiger partial charge in [0.2, 0.25) is 0 Å². The standard InChI is InChI=1S/C17H27BCl2N2O4.2ClH/c1-21-17(16(23)24,7-2-3-9-18(25)26)8-4-10-22-12-13-5-6-14(19)15(20)11-13;;/h5-6,11,21-22,25-26H,2-4,7-10,12H2,1H3,(H,23,24);2*1H. The van der Waals surface area contributed by atoms with Gasteiger partial charge < -0.3 is 25.8 Å². The first kappa shape index (κ1) is 30.0. The van der Waals surface area contributed by atoms with Crippen LogP contribution in [0.25, 0.3) is 0 Å². The number of carbonyl (C=O) groups is 1. The predicted octanol–water partition coefficient (Wildman–Crippen LogP) is 3.39. The van der Waals surface area contributed by atoms with Crippen molar-refractivity contribution < 1.29 is 19.9 Å². The van der Waals surface area contributed by atoms with Crippen LogP contribution in [0.3, 0.4) is 0 Å². The largest absolute Gasteiger partial charge is 0.480 e. The number of hydrogen-bond acceptors (Lipinski definition) is 5. The van der Waals surface area contributed by atoms with E-state index in [4.69, 9.17) is 33.2 Å². The van der Waals surface area contributed by atoms with Gasteiger partial charge >= 0.3 is 13.1 Å². The lowest BCUT2D eigenvalue weighted by Gasteiger charge is -2.29. The van der Waals surface area contributed by atoms with Crippen molar-refractivity contribution in [2.45, 2.75) is 50.5 Å². The fourth-order valence-corrected chi connectivity index (χ4v) is 3.17. The van der Waals surface area contributed by atoms with Crippen molar-refractivity contribution in [3.63, 3.8) is 0 Å². The first-order valence-electron chi connectivity index (χ1n) is 8.74. The number of hydrogen-bond donors (Lipinski definition) is 5. The molecular formula is C17H29BCl4N2O4. The highest BCUT2D eigenvalue weighted by molar-refractivity contribution is 6.42. The van der Waals surface area contributed by atoms with Gasteiger partial charge in [-0.05, 0) is 56.9 Å². The molecule has 5 N–H and O–H groups in total. The minimum absolute atomic E-state index is 0. The minimum Gasteiger partial charge on any atom is -0.480 e. The molecule has 1 unspecified atom stereocenters. The van der Waals surface area contributed by atoms with E-state index < -0.39 is 18.6 Å². The maximum absolute atomic E-state index is 11.7. The van der Waals surface area contributed by atoms with Gasteiger partial charge in [-0.3, -0.25) is 4.79 Å². The molecule has 162 valence electrons. The summed E-state index contributed by atoms with van der Waals surface area (Å²) >= 11 is 11.9. The van der Waals surface area contributed by atoms with Crippen LogP contribution in [-0.4, -0.2) is 47.4 Å². The number of carboxylic acids is 1. The summed E-state index contributed by atoms with van der Waals surface area (Å²) in [5.74, 6) is -0.881. The van der Waals surface area contributed by atoms with Crippen molar-refractivity contribution in [2.75, 3.05) is 13.6 Å². The Balaban J connectivity index is 0. The van der Waals surface area contributed by atoms with Crippen molar-refractivity contribution in [2.24, 2.45) is 0 Å². The van der Waals surface area contributed by atoms with Gasteiger partial charge in [-0.2, -0.15) is 0 Å². The molecule has 0 saturated heterocycles. The van der Waals surface area contributed by atoms with Gasteiger partial charge in [0, 0.05) is 6.54 Å². The molecule has 6 nitrogen and oxygen atoms in total. The Morgan fingerprint density at radius 2 is 1.75 bits per heavy atom. The number of likely N-dealkylation sites (N-methyl/N-ethyl adjacent to an activating group) is 1. The highest BCUT2D eigenvalue weighted by atomic mass is 35.5. The van der Waals surface area contributed by atoms with Gasteiger partial charge in [-0.15, -0.1) is 24.8 Å². The number of nitrogens with one attached hydrogen (secondary N) is 2. The second-order valence-electron chi connectivity index (χ2n) is 6.39. The zero-order chi connectivity index (χ0) is 19.6. The van der Waals surface area contributed by atoms with E-state index in [1.807, 2.05) is 12.1 Å². The summed E-state index contributed by atoms with van der Waals surface area (Å²) in [5, 5.41) is 34.6. The molecule has 0 aliphatic rings. The Morgan fingerprint density at radius 1 is 1.11 bits per heavy atom. The molecular weight excluding hydrogens is 449 g/mol. The number of halogens is 4. The Hall–Kier alpha value is -0.245. The third-order valence-corrected chi connectivity index (χ3v) is 5.21. The summed E-state index contributed by atoms with van der Waals surface area (Å²) in [6.45, 7) is 1.30. The third kappa shape index (κ3) is 10.5. The van der Waals surface area contributed by atoms with E-state index in [0.29, 0.717) is 55.2 Å². The van der Waals surface area contributed by atoms with Crippen molar-refractivity contribution >= 4 is 61.1 Å². The molecule has 1 aromatic carbocycles. The molecule has 1 rings (SSSR count). The van der Waals surface area contributed by atoms with Crippen LogP contribution in [0.1, 0.15) is 37.7 Å². The molecule has 0 amide bonds. The van der Waals surface area contributed by atoms with Gasteiger partial charge in [-0.1, -0.05) is 42.1 Å². The summed E-state index contributed by atoms with van der Waals surface area (Å²) in [6, 6.07) is 5.45. The first-order valence-corrected chi connectivity index (χ1v) is 9.49. The van der Waals surface area contributed by atoms with Crippen molar-refractivity contribution in [3.05, 3.63) is 33.8 Å². The quantitative estimate of drug-likeness (QED) is 0.220. The molecule has 0 radical (unpaired) electrons. The zero-order valence-electron chi connectivity index (χ0n) is 15.8. The fourth-order valence-electron chi connectivity index (χ4n) is 2.85. The van der Waals surface area contributed by atoms with Crippen LogP contribution >= 0.6 is 48.0 Å². The normalized spacial score (nSPS) is 12.5. The lowest BCUT2D eigenvalue weighted by Crippen LogP contribution is -2.50. The lowest BCUT2D eigenvalue weighted by atomic mass is 9.81. The smallest absolute Gasteiger partial charge is 0.451 e. The molecule has 0 bridgehead atoms. The van der Waals surface area contributed by atoms with Crippen LogP contribution in [0.4, 0.5) is 0 Å². The number of carboxylic acid groups (broad SMARTS) is 1. The summed E-state index contributed by atoms with van der Waals surface area (Å²) in [5.41, 5.74) is 0.0196. The molecule has 0 saturated carbocycles. The second kappa shape index (κ2) is 15.6. The second-order valence-corrected chi connectivity index (χ2v) is 7.21. The average Bonchev–Trinajstić information content (AvgIpc) is 2.59. The Morgan fingerprint density at radius 3 is 2.29 bits per heavy atom. The predicted molar refractivity (Wildman–Crippen MR) is 120 cm³/mol. The topological polar surface area (TPSA) is 102 Å². The number of unbranched alkanes of at least 4 members (excludes halogenated alkanes) is 1. The Labute approximate surface area is 189 Å². The highest BCUT2D eigenvalue weighted by Crippen LogP contribution is 2.23. The minimum atomic E-state index is -1.34. The van der Waals surface area contributed by atoms with Gasteiger partial charge in [0.25, 0.3) is 0 Å². The lowest BCUT2D eigenvalue weighted by molar-refractivity contribution is -0.145. The molecule has 0 aromatic heterocycles.